The Morgan fingerprint density at radius 2 is 1.69 bits per heavy atom. The minimum atomic E-state index is -0.525. The van der Waals surface area contributed by atoms with Crippen LogP contribution in [0.15, 0.2) is 42.5 Å². The molecule has 0 aliphatic rings. The molecule has 29 heavy (non-hydrogen) atoms. The first kappa shape index (κ1) is 22.5. The van der Waals surface area contributed by atoms with Gasteiger partial charge in [0.2, 0.25) is 5.91 Å². The van der Waals surface area contributed by atoms with Gasteiger partial charge in [0, 0.05) is 30.8 Å². The van der Waals surface area contributed by atoms with Crippen LogP contribution in [0.3, 0.4) is 0 Å². The summed E-state index contributed by atoms with van der Waals surface area (Å²) in [6.45, 7) is 8.52. The third-order valence-electron chi connectivity index (χ3n) is 4.96. The monoisotopic (exact) mass is 396 g/mol. The fraction of sp³-hybridized carbons (Fsp3) is 0.417. The Kier molecular flexibility index (Phi) is 7.43. The highest BCUT2D eigenvalue weighted by atomic mass is 16.5. The van der Waals surface area contributed by atoms with Gasteiger partial charge in [-0.25, -0.2) is 0 Å². The second-order valence-corrected chi connectivity index (χ2v) is 8.34. The number of anilines is 1. The predicted octanol–water partition coefficient (Wildman–Crippen LogP) is 4.83. The third-order valence-corrected chi connectivity index (χ3v) is 4.96. The summed E-state index contributed by atoms with van der Waals surface area (Å²) in [6.07, 6.45) is 1.49. The molecule has 0 aliphatic heterocycles. The second kappa shape index (κ2) is 9.59. The first-order valence-electron chi connectivity index (χ1n) is 9.93. The van der Waals surface area contributed by atoms with Gasteiger partial charge < -0.3 is 15.0 Å². The van der Waals surface area contributed by atoms with Gasteiger partial charge in [-0.1, -0.05) is 26.0 Å². The lowest BCUT2D eigenvalue weighted by atomic mass is 9.87. The minimum absolute atomic E-state index is 0.0454. The molecule has 0 aromatic heterocycles. The maximum Gasteiger partial charge on any atom is 0.253 e. The summed E-state index contributed by atoms with van der Waals surface area (Å²) < 4.78 is 5.90. The van der Waals surface area contributed by atoms with Crippen LogP contribution in [0.5, 0.6) is 5.75 Å². The maximum atomic E-state index is 12.7. The summed E-state index contributed by atoms with van der Waals surface area (Å²) >= 11 is 0. The molecule has 5 nitrogen and oxygen atoms in total. The van der Waals surface area contributed by atoms with Gasteiger partial charge in [0.05, 0.1) is 6.61 Å². The summed E-state index contributed by atoms with van der Waals surface area (Å²) in [4.78, 5) is 26.2. The van der Waals surface area contributed by atoms with E-state index in [-0.39, 0.29) is 11.8 Å². The summed E-state index contributed by atoms with van der Waals surface area (Å²) in [5.41, 5.74) is 3.04. The first-order valence-corrected chi connectivity index (χ1v) is 9.93. The fourth-order valence-corrected chi connectivity index (χ4v) is 2.93. The van der Waals surface area contributed by atoms with Gasteiger partial charge in [0.1, 0.15) is 5.75 Å². The van der Waals surface area contributed by atoms with E-state index in [9.17, 15) is 9.59 Å². The molecule has 0 atom stereocenters. The van der Waals surface area contributed by atoms with Crippen molar-refractivity contribution in [1.82, 2.24) is 4.90 Å². The van der Waals surface area contributed by atoms with Crippen molar-refractivity contribution < 1.29 is 14.3 Å². The molecule has 0 fully saturated rings. The van der Waals surface area contributed by atoms with Crippen LogP contribution in [0, 0.1) is 19.3 Å². The molecular weight excluding hydrogens is 364 g/mol. The van der Waals surface area contributed by atoms with Gasteiger partial charge in [0.25, 0.3) is 5.91 Å². The Morgan fingerprint density at radius 3 is 2.31 bits per heavy atom. The fourth-order valence-electron chi connectivity index (χ4n) is 2.93. The predicted molar refractivity (Wildman–Crippen MR) is 118 cm³/mol. The van der Waals surface area contributed by atoms with E-state index in [1.54, 1.807) is 38.4 Å². The van der Waals surface area contributed by atoms with Crippen LogP contribution in [0.25, 0.3) is 0 Å². The van der Waals surface area contributed by atoms with Gasteiger partial charge >= 0.3 is 0 Å². The van der Waals surface area contributed by atoms with Crippen LogP contribution in [0.2, 0.25) is 0 Å². The number of hydrogen-bond donors (Lipinski definition) is 1. The van der Waals surface area contributed by atoms with Gasteiger partial charge in [-0.05, 0) is 68.1 Å². The normalized spacial score (nSPS) is 11.1. The summed E-state index contributed by atoms with van der Waals surface area (Å²) in [5, 5.41) is 2.95. The zero-order valence-electron chi connectivity index (χ0n) is 18.3. The lowest BCUT2D eigenvalue weighted by Gasteiger charge is -2.24. The van der Waals surface area contributed by atoms with Crippen molar-refractivity contribution in [3.63, 3.8) is 0 Å². The van der Waals surface area contributed by atoms with Crippen LogP contribution < -0.4 is 10.1 Å². The van der Waals surface area contributed by atoms with Gasteiger partial charge in [-0.15, -0.1) is 0 Å². The zero-order valence-corrected chi connectivity index (χ0v) is 18.3. The van der Waals surface area contributed by atoms with Crippen molar-refractivity contribution >= 4 is 17.5 Å². The van der Waals surface area contributed by atoms with Crippen molar-refractivity contribution in [2.24, 2.45) is 5.41 Å². The molecule has 0 unspecified atom stereocenters. The van der Waals surface area contributed by atoms with E-state index < -0.39 is 5.41 Å². The zero-order chi connectivity index (χ0) is 21.6. The number of nitrogens with zero attached hydrogens (tertiary/aromatic N) is 1. The average Bonchev–Trinajstić information content (AvgIpc) is 2.67. The van der Waals surface area contributed by atoms with Crippen molar-refractivity contribution in [3.05, 3.63) is 59.2 Å². The Balaban J connectivity index is 1.86. The molecule has 1 N–H and O–H groups in total. The van der Waals surface area contributed by atoms with E-state index >= 15 is 0 Å². The van der Waals surface area contributed by atoms with Crippen LogP contribution in [0.4, 0.5) is 5.69 Å². The quantitative estimate of drug-likeness (QED) is 0.650. The van der Waals surface area contributed by atoms with Crippen LogP contribution in [-0.4, -0.2) is 37.4 Å². The average molecular weight is 397 g/mol. The summed E-state index contributed by atoms with van der Waals surface area (Å²) in [7, 11) is 3.43. The highest BCUT2D eigenvalue weighted by molar-refractivity contribution is 5.97. The molecule has 5 heteroatoms. The number of carbonyl (C=O) groups is 2. The van der Waals surface area contributed by atoms with E-state index in [2.05, 4.69) is 17.4 Å². The first-order chi connectivity index (χ1) is 13.6. The minimum Gasteiger partial charge on any atom is -0.493 e. The number of carbonyl (C=O) groups excluding carboxylic acids is 2. The number of aryl methyl sites for hydroxylation is 2. The Bertz CT molecular complexity index is 855. The number of ether oxygens (including phenoxy) is 1. The Hall–Kier alpha value is -2.82. The van der Waals surface area contributed by atoms with Crippen LogP contribution >= 0.6 is 0 Å². The van der Waals surface area contributed by atoms with E-state index in [4.69, 9.17) is 4.74 Å². The second-order valence-electron chi connectivity index (χ2n) is 8.34. The van der Waals surface area contributed by atoms with E-state index in [1.165, 1.54) is 10.5 Å². The highest BCUT2D eigenvalue weighted by Crippen LogP contribution is 2.26. The van der Waals surface area contributed by atoms with Crippen molar-refractivity contribution in [3.8, 4) is 5.75 Å². The number of amides is 2. The van der Waals surface area contributed by atoms with Gasteiger partial charge in [0.15, 0.2) is 0 Å². The number of nitrogens with one attached hydrogen (secondary N) is 1. The van der Waals surface area contributed by atoms with E-state index in [1.807, 2.05) is 33.8 Å². The molecule has 0 saturated heterocycles. The van der Waals surface area contributed by atoms with Crippen LogP contribution in [-0.2, 0) is 4.79 Å². The van der Waals surface area contributed by atoms with Crippen LogP contribution in [0.1, 0.15) is 48.2 Å². The number of rotatable bonds is 8. The Labute approximate surface area is 174 Å². The summed E-state index contributed by atoms with van der Waals surface area (Å²) in [5.74, 6) is 0.794. The lowest BCUT2D eigenvalue weighted by molar-refractivity contribution is -0.124. The molecule has 0 radical (unpaired) electrons. The molecule has 2 aromatic rings. The van der Waals surface area contributed by atoms with Crippen molar-refractivity contribution in [2.75, 3.05) is 26.0 Å². The van der Waals surface area contributed by atoms with E-state index in [0.717, 1.165) is 17.7 Å². The van der Waals surface area contributed by atoms with E-state index in [0.29, 0.717) is 24.3 Å². The topological polar surface area (TPSA) is 58.6 Å². The maximum absolute atomic E-state index is 12.7. The third kappa shape index (κ3) is 6.34. The molecular formula is C24H32N2O3. The molecule has 0 aliphatic carbocycles. The van der Waals surface area contributed by atoms with Gasteiger partial charge in [-0.2, -0.15) is 0 Å². The van der Waals surface area contributed by atoms with Crippen molar-refractivity contribution in [2.45, 2.75) is 40.5 Å². The molecule has 156 valence electrons. The standard InChI is InChI=1S/C24H32N2O3/c1-17-8-9-18(2)21(16-17)29-15-7-14-24(3,4)23(28)25-20-12-10-19(11-13-20)22(27)26(5)6/h8-13,16H,7,14-15H2,1-6H3,(H,25,28). The van der Waals surface area contributed by atoms with Gasteiger partial charge in [-0.3, -0.25) is 9.59 Å². The van der Waals surface area contributed by atoms with Crippen molar-refractivity contribution in [1.29, 1.82) is 0 Å². The molecule has 0 heterocycles. The number of hydrogen-bond acceptors (Lipinski definition) is 3. The smallest absolute Gasteiger partial charge is 0.253 e. The lowest BCUT2D eigenvalue weighted by Crippen LogP contribution is -2.31. The molecule has 0 bridgehead atoms. The SMILES string of the molecule is Cc1ccc(C)c(OCCCC(C)(C)C(=O)Nc2ccc(C(=O)N(C)C)cc2)c1. The highest BCUT2D eigenvalue weighted by Gasteiger charge is 2.27. The summed E-state index contributed by atoms with van der Waals surface area (Å²) in [6, 6.07) is 13.1. The molecule has 2 rings (SSSR count). The Morgan fingerprint density at radius 1 is 1.03 bits per heavy atom. The molecule has 2 amide bonds. The number of benzene rings is 2. The molecule has 0 spiro atoms. The largest absolute Gasteiger partial charge is 0.493 e. The molecule has 2 aromatic carbocycles. The molecule has 0 saturated carbocycles.